The molecular weight excluding hydrogens is 338 g/mol. The van der Waals surface area contributed by atoms with E-state index in [1.54, 1.807) is 12.3 Å². The Kier molecular flexibility index (Phi) is 5.38. The van der Waals surface area contributed by atoms with E-state index in [4.69, 9.17) is 11.6 Å². The number of rotatable bonds is 3. The van der Waals surface area contributed by atoms with E-state index in [1.165, 1.54) is 0 Å². The molecule has 1 atom stereocenters. The second-order valence-electron chi connectivity index (χ2n) is 6.43. The van der Waals surface area contributed by atoms with E-state index in [1.807, 2.05) is 35.2 Å². The number of amides is 2. The summed E-state index contributed by atoms with van der Waals surface area (Å²) in [5.41, 5.74) is 0.801. The highest BCUT2D eigenvalue weighted by molar-refractivity contribution is 6.29. The number of piperazine rings is 1. The maximum atomic E-state index is 12.7. The maximum absolute atomic E-state index is 12.7. The fourth-order valence-corrected chi connectivity index (χ4v) is 3.14. The van der Waals surface area contributed by atoms with Crippen molar-refractivity contribution in [1.82, 2.24) is 14.9 Å². The van der Waals surface area contributed by atoms with Crippen molar-refractivity contribution in [3.05, 3.63) is 47.7 Å². The van der Waals surface area contributed by atoms with Gasteiger partial charge in [0.1, 0.15) is 5.15 Å². The minimum absolute atomic E-state index is 0.0695. The number of anilines is 2. The average molecular weight is 360 g/mol. The van der Waals surface area contributed by atoms with Gasteiger partial charge >= 0.3 is 6.03 Å². The molecule has 1 aliphatic rings. The second kappa shape index (κ2) is 7.70. The van der Waals surface area contributed by atoms with Crippen LogP contribution >= 0.6 is 11.6 Å². The zero-order valence-electron chi connectivity index (χ0n) is 14.4. The Hall–Kier alpha value is -2.34. The molecule has 0 spiro atoms. The van der Waals surface area contributed by atoms with Crippen LogP contribution in [0.3, 0.4) is 0 Å². The lowest BCUT2D eigenvalue weighted by atomic mass is 10.00. The molecule has 0 radical (unpaired) electrons. The standard InChI is InChI=1S/C18H22ClN5O/c1-13(2)15-12-23(17-20-9-8-16(19)22-17)10-11-24(15)18(25)21-14-6-4-3-5-7-14/h3-9,13,15H,10-12H2,1-2H3,(H,21,25). The molecule has 1 N–H and O–H groups in total. The van der Waals surface area contributed by atoms with Gasteiger partial charge in [0.2, 0.25) is 5.95 Å². The van der Waals surface area contributed by atoms with Crippen molar-refractivity contribution < 1.29 is 4.79 Å². The van der Waals surface area contributed by atoms with Crippen LogP contribution in [0.1, 0.15) is 13.8 Å². The first-order chi connectivity index (χ1) is 12.0. The van der Waals surface area contributed by atoms with Gasteiger partial charge in [0.05, 0.1) is 6.04 Å². The van der Waals surface area contributed by atoms with E-state index in [-0.39, 0.29) is 12.1 Å². The number of carbonyl (C=O) groups is 1. The summed E-state index contributed by atoms with van der Waals surface area (Å²) in [4.78, 5) is 25.3. The normalized spacial score (nSPS) is 17.7. The van der Waals surface area contributed by atoms with Crippen LogP contribution < -0.4 is 10.2 Å². The largest absolute Gasteiger partial charge is 0.337 e. The number of hydrogen-bond donors (Lipinski definition) is 1. The van der Waals surface area contributed by atoms with E-state index in [9.17, 15) is 4.79 Å². The third kappa shape index (κ3) is 4.20. The summed E-state index contributed by atoms with van der Waals surface area (Å²) < 4.78 is 0. The molecular formula is C18H22ClN5O. The number of para-hydroxylation sites is 1. The van der Waals surface area contributed by atoms with Crippen LogP contribution in [0, 0.1) is 5.92 Å². The Morgan fingerprint density at radius 3 is 2.68 bits per heavy atom. The van der Waals surface area contributed by atoms with Crippen molar-refractivity contribution in [2.45, 2.75) is 19.9 Å². The Bertz CT molecular complexity index is 724. The highest BCUT2D eigenvalue weighted by atomic mass is 35.5. The summed E-state index contributed by atoms with van der Waals surface area (Å²) in [5, 5.41) is 3.40. The van der Waals surface area contributed by atoms with Gasteiger partial charge in [-0.05, 0) is 24.1 Å². The van der Waals surface area contributed by atoms with Crippen LogP contribution in [0.15, 0.2) is 42.6 Å². The van der Waals surface area contributed by atoms with Gasteiger partial charge in [-0.25, -0.2) is 14.8 Å². The molecule has 1 aromatic carbocycles. The minimum atomic E-state index is -0.0726. The van der Waals surface area contributed by atoms with Crippen LogP contribution in [0.2, 0.25) is 5.15 Å². The predicted molar refractivity (Wildman–Crippen MR) is 100 cm³/mol. The summed E-state index contributed by atoms with van der Waals surface area (Å²) >= 11 is 5.98. The van der Waals surface area contributed by atoms with Gasteiger partial charge in [-0.3, -0.25) is 0 Å². The first kappa shape index (κ1) is 17.5. The molecule has 6 nitrogen and oxygen atoms in total. The van der Waals surface area contributed by atoms with Crippen molar-refractivity contribution in [1.29, 1.82) is 0 Å². The Morgan fingerprint density at radius 2 is 2.00 bits per heavy atom. The molecule has 2 amide bonds. The summed E-state index contributed by atoms with van der Waals surface area (Å²) in [5.74, 6) is 0.921. The van der Waals surface area contributed by atoms with Crippen molar-refractivity contribution in [2.75, 3.05) is 29.9 Å². The number of hydrogen-bond acceptors (Lipinski definition) is 4. The zero-order chi connectivity index (χ0) is 17.8. The number of benzene rings is 1. The second-order valence-corrected chi connectivity index (χ2v) is 6.81. The summed E-state index contributed by atoms with van der Waals surface area (Å²) in [7, 11) is 0. The van der Waals surface area contributed by atoms with Gasteiger partial charge in [-0.15, -0.1) is 0 Å². The van der Waals surface area contributed by atoms with Gasteiger partial charge in [0.25, 0.3) is 0 Å². The highest BCUT2D eigenvalue weighted by Crippen LogP contribution is 2.22. The van der Waals surface area contributed by atoms with Crippen LogP contribution in [0.5, 0.6) is 0 Å². The number of carbonyl (C=O) groups excluding carboxylic acids is 1. The molecule has 0 aliphatic carbocycles. The van der Waals surface area contributed by atoms with Gasteiger partial charge < -0.3 is 15.1 Å². The Labute approximate surface area is 152 Å². The fraction of sp³-hybridized carbons (Fsp3) is 0.389. The van der Waals surface area contributed by atoms with Crippen molar-refractivity contribution in [2.24, 2.45) is 5.92 Å². The van der Waals surface area contributed by atoms with E-state index in [0.717, 1.165) is 5.69 Å². The number of aromatic nitrogens is 2. The van der Waals surface area contributed by atoms with E-state index in [0.29, 0.717) is 36.7 Å². The van der Waals surface area contributed by atoms with Crippen molar-refractivity contribution in [3.8, 4) is 0 Å². The molecule has 1 aliphatic heterocycles. The smallest absolute Gasteiger partial charge is 0.322 e. The molecule has 25 heavy (non-hydrogen) atoms. The monoisotopic (exact) mass is 359 g/mol. The van der Waals surface area contributed by atoms with Gasteiger partial charge in [0, 0.05) is 31.5 Å². The van der Waals surface area contributed by atoms with Gasteiger partial charge in [0.15, 0.2) is 0 Å². The Balaban J connectivity index is 1.72. The number of halogens is 1. The van der Waals surface area contributed by atoms with Crippen LogP contribution in [0.25, 0.3) is 0 Å². The number of nitrogens with one attached hydrogen (secondary N) is 1. The molecule has 7 heteroatoms. The predicted octanol–water partition coefficient (Wildman–Crippen LogP) is 3.51. The van der Waals surface area contributed by atoms with Crippen LogP contribution in [-0.4, -0.2) is 46.6 Å². The van der Waals surface area contributed by atoms with Crippen molar-refractivity contribution >= 4 is 29.3 Å². The molecule has 2 aromatic rings. The summed E-state index contributed by atoms with van der Waals surface area (Å²) in [6.07, 6.45) is 1.66. The highest BCUT2D eigenvalue weighted by Gasteiger charge is 2.33. The zero-order valence-corrected chi connectivity index (χ0v) is 15.1. The average Bonchev–Trinajstić information content (AvgIpc) is 2.62. The lowest BCUT2D eigenvalue weighted by Gasteiger charge is -2.43. The number of nitrogens with zero attached hydrogens (tertiary/aromatic N) is 4. The molecule has 1 saturated heterocycles. The van der Waals surface area contributed by atoms with Gasteiger partial charge in [-0.2, -0.15) is 0 Å². The summed E-state index contributed by atoms with van der Waals surface area (Å²) in [6, 6.07) is 11.2. The third-order valence-corrected chi connectivity index (χ3v) is 4.58. The van der Waals surface area contributed by atoms with E-state index >= 15 is 0 Å². The minimum Gasteiger partial charge on any atom is -0.337 e. The molecule has 2 heterocycles. The maximum Gasteiger partial charge on any atom is 0.322 e. The lowest BCUT2D eigenvalue weighted by Crippen LogP contribution is -2.58. The molecule has 132 valence electrons. The summed E-state index contributed by atoms with van der Waals surface area (Å²) in [6.45, 7) is 6.20. The third-order valence-electron chi connectivity index (χ3n) is 4.37. The lowest BCUT2D eigenvalue weighted by molar-refractivity contribution is 0.156. The molecule has 1 unspecified atom stereocenters. The molecule has 1 aromatic heterocycles. The molecule has 0 bridgehead atoms. The Morgan fingerprint density at radius 1 is 1.24 bits per heavy atom. The van der Waals surface area contributed by atoms with Crippen LogP contribution in [-0.2, 0) is 0 Å². The van der Waals surface area contributed by atoms with E-state index in [2.05, 4.69) is 34.0 Å². The van der Waals surface area contributed by atoms with Gasteiger partial charge in [-0.1, -0.05) is 43.6 Å². The topological polar surface area (TPSA) is 61.4 Å². The molecule has 1 fully saturated rings. The first-order valence-electron chi connectivity index (χ1n) is 8.41. The number of urea groups is 1. The SMILES string of the molecule is CC(C)C1CN(c2nccc(Cl)n2)CCN1C(=O)Nc1ccccc1. The first-order valence-corrected chi connectivity index (χ1v) is 8.78. The van der Waals surface area contributed by atoms with Crippen LogP contribution in [0.4, 0.5) is 16.4 Å². The molecule has 3 rings (SSSR count). The molecule has 0 saturated carbocycles. The van der Waals surface area contributed by atoms with E-state index < -0.39 is 0 Å². The quantitative estimate of drug-likeness (QED) is 0.852. The fourth-order valence-electron chi connectivity index (χ4n) is 3.01. The van der Waals surface area contributed by atoms with Crippen molar-refractivity contribution in [3.63, 3.8) is 0 Å².